The van der Waals surface area contributed by atoms with Crippen LogP contribution >= 0.6 is 11.6 Å². The van der Waals surface area contributed by atoms with Gasteiger partial charge in [0.2, 0.25) is 5.62 Å². The fourth-order valence-electron chi connectivity index (χ4n) is 4.10. The number of hydrogen-bond acceptors (Lipinski definition) is 5. The highest BCUT2D eigenvalue weighted by Gasteiger charge is 2.25. The van der Waals surface area contributed by atoms with Crippen LogP contribution in [-0.2, 0) is 6.54 Å². The minimum atomic E-state index is -0.595. The molecule has 0 saturated carbocycles. The summed E-state index contributed by atoms with van der Waals surface area (Å²) in [4.78, 5) is 25.4. The fraction of sp³-hybridized carbons (Fsp3) is 0.167. The van der Waals surface area contributed by atoms with Crippen LogP contribution in [0.2, 0.25) is 5.02 Å². The van der Waals surface area contributed by atoms with Crippen LogP contribution < -0.4 is 21.6 Å². The molecule has 172 valence electrons. The number of carbonyl (C=O) groups excluding carboxylic acids is 1. The summed E-state index contributed by atoms with van der Waals surface area (Å²) in [5.74, 6) is 0.949. The number of nitrogens with one attached hydrogen (secondary N) is 3. The van der Waals surface area contributed by atoms with Crippen molar-refractivity contribution in [3.63, 3.8) is 0 Å². The van der Waals surface area contributed by atoms with Crippen molar-refractivity contribution in [1.82, 2.24) is 14.5 Å². The molecular formula is C24H21ClFN7O. The largest absolute Gasteiger partial charge is 0.369 e. The maximum atomic E-state index is 15.8. The van der Waals surface area contributed by atoms with Gasteiger partial charge in [0.1, 0.15) is 11.6 Å². The van der Waals surface area contributed by atoms with Crippen LogP contribution in [0.25, 0.3) is 22.5 Å². The summed E-state index contributed by atoms with van der Waals surface area (Å²) in [6.07, 6.45) is 1.69. The van der Waals surface area contributed by atoms with Crippen LogP contribution in [-0.4, -0.2) is 34.2 Å². The lowest BCUT2D eigenvalue weighted by Crippen LogP contribution is -2.20. The molecule has 0 radical (unpaired) electrons. The number of halogens is 2. The minimum Gasteiger partial charge on any atom is -0.369 e. The number of hydrogen-bond donors (Lipinski definition) is 3. The molecule has 0 spiro atoms. The number of aromatic nitrogens is 3. The van der Waals surface area contributed by atoms with E-state index < -0.39 is 11.8 Å². The third-order valence-corrected chi connectivity index (χ3v) is 6.01. The Bertz CT molecular complexity index is 1470. The monoisotopic (exact) mass is 477 g/mol. The van der Waals surface area contributed by atoms with Gasteiger partial charge in [0.15, 0.2) is 5.82 Å². The topological polar surface area (TPSA) is 96.2 Å². The summed E-state index contributed by atoms with van der Waals surface area (Å²) in [6.45, 7) is 3.20. The molecule has 0 bridgehead atoms. The number of carbonyl (C=O) groups is 1. The molecule has 34 heavy (non-hydrogen) atoms. The van der Waals surface area contributed by atoms with E-state index in [4.69, 9.17) is 11.6 Å². The summed E-state index contributed by atoms with van der Waals surface area (Å²) in [5.41, 5.74) is 3.42. The normalized spacial score (nSPS) is 13.0. The Morgan fingerprint density at radius 2 is 2.00 bits per heavy atom. The standard InChI is InChI=1S/C24H21ClFN7O/c1-13-7-8-18(31-24(34)30-17-6-4-3-5-16(17)25)20(26)19(13)15-11-14-12-29-23(27-2)32-21(14)33-10-9-28-22(15)33/h3-8,11-12,28H,9-10H2,1-2H3,(H2,30,31,34). The summed E-state index contributed by atoms with van der Waals surface area (Å²) < 4.78 is 17.8. The molecule has 3 N–H and O–H groups in total. The number of rotatable bonds is 3. The second-order valence-electron chi connectivity index (χ2n) is 7.84. The third kappa shape index (κ3) is 3.84. The van der Waals surface area contributed by atoms with Gasteiger partial charge in [0, 0.05) is 43.0 Å². The van der Waals surface area contributed by atoms with Crippen molar-refractivity contribution in [2.75, 3.05) is 29.5 Å². The van der Waals surface area contributed by atoms with Crippen molar-refractivity contribution < 1.29 is 9.18 Å². The average molecular weight is 478 g/mol. The molecule has 2 aromatic rings. The molecule has 3 aliphatic heterocycles. The zero-order valence-corrected chi connectivity index (χ0v) is 19.2. The number of nitrogens with zero attached hydrogens (tertiary/aromatic N) is 4. The van der Waals surface area contributed by atoms with E-state index in [1.807, 2.05) is 17.6 Å². The average Bonchev–Trinajstić information content (AvgIpc) is 3.33. The first-order valence-corrected chi connectivity index (χ1v) is 11.0. The van der Waals surface area contributed by atoms with E-state index in [-0.39, 0.29) is 5.69 Å². The van der Waals surface area contributed by atoms with E-state index in [9.17, 15) is 4.79 Å². The van der Waals surface area contributed by atoms with E-state index in [1.54, 1.807) is 49.6 Å². The van der Waals surface area contributed by atoms with Crippen molar-refractivity contribution in [3.8, 4) is 22.5 Å². The summed E-state index contributed by atoms with van der Waals surface area (Å²) in [6, 6.07) is 11.4. The highest BCUT2D eigenvalue weighted by molar-refractivity contribution is 6.33. The summed E-state index contributed by atoms with van der Waals surface area (Å²) in [7, 11) is 1.64. The van der Waals surface area contributed by atoms with E-state index in [0.29, 0.717) is 40.5 Å². The van der Waals surface area contributed by atoms with Crippen LogP contribution in [0.15, 0.2) is 53.7 Å². The van der Waals surface area contributed by atoms with Gasteiger partial charge in [-0.05, 0) is 36.8 Å². The number of benzene rings is 2. The SMILES string of the molecule is CN=c1ncc2cc(-c3c(C)ccc(NC(=O)Nc4ccccc4Cl)c3F)c3n(c-2n1)CCN3. The van der Waals surface area contributed by atoms with Crippen LogP contribution in [0.4, 0.5) is 26.4 Å². The summed E-state index contributed by atoms with van der Waals surface area (Å²) >= 11 is 6.11. The first-order valence-electron chi connectivity index (χ1n) is 10.7. The maximum Gasteiger partial charge on any atom is 0.323 e. The number of fused-ring (bicyclic) bond motifs is 3. The maximum absolute atomic E-state index is 15.8. The van der Waals surface area contributed by atoms with Crippen molar-refractivity contribution in [3.05, 3.63) is 70.7 Å². The number of urea groups is 1. The van der Waals surface area contributed by atoms with Crippen LogP contribution in [0.5, 0.6) is 0 Å². The third-order valence-electron chi connectivity index (χ3n) is 5.68. The molecule has 3 aliphatic rings. The number of para-hydroxylation sites is 1. The molecule has 3 heterocycles. The molecule has 2 amide bonds. The van der Waals surface area contributed by atoms with Gasteiger partial charge in [-0.25, -0.2) is 14.2 Å². The van der Waals surface area contributed by atoms with Gasteiger partial charge < -0.3 is 20.5 Å². The van der Waals surface area contributed by atoms with Crippen molar-refractivity contribution in [2.24, 2.45) is 4.99 Å². The molecule has 0 unspecified atom stereocenters. The lowest BCUT2D eigenvalue weighted by Gasteiger charge is -2.19. The van der Waals surface area contributed by atoms with Gasteiger partial charge in [0.25, 0.3) is 0 Å². The Kier molecular flexibility index (Phi) is 5.62. The molecule has 0 saturated heterocycles. The minimum absolute atomic E-state index is 0.0541. The highest BCUT2D eigenvalue weighted by atomic mass is 35.5. The van der Waals surface area contributed by atoms with E-state index >= 15 is 4.39 Å². The van der Waals surface area contributed by atoms with Crippen molar-refractivity contribution in [2.45, 2.75) is 13.5 Å². The van der Waals surface area contributed by atoms with Crippen LogP contribution in [0.1, 0.15) is 5.56 Å². The second-order valence-corrected chi connectivity index (χ2v) is 8.24. The lowest BCUT2D eigenvalue weighted by molar-refractivity contribution is 0.262. The summed E-state index contributed by atoms with van der Waals surface area (Å²) in [5, 5.41) is 8.97. The van der Waals surface area contributed by atoms with E-state index in [0.717, 1.165) is 22.8 Å². The van der Waals surface area contributed by atoms with Gasteiger partial charge in [-0.2, -0.15) is 4.98 Å². The van der Waals surface area contributed by atoms with Gasteiger partial charge in [-0.3, -0.25) is 4.99 Å². The quantitative estimate of drug-likeness (QED) is 0.396. The zero-order valence-electron chi connectivity index (χ0n) is 18.5. The Hall–Kier alpha value is -3.98. The molecule has 0 aromatic heterocycles. The Labute approximate surface area is 199 Å². The fourth-order valence-corrected chi connectivity index (χ4v) is 4.28. The first-order chi connectivity index (χ1) is 16.5. The molecule has 0 atom stereocenters. The highest BCUT2D eigenvalue weighted by Crippen LogP contribution is 2.40. The molecular weight excluding hydrogens is 457 g/mol. The molecule has 2 aromatic carbocycles. The molecule has 0 fully saturated rings. The van der Waals surface area contributed by atoms with Gasteiger partial charge in [-0.15, -0.1) is 0 Å². The second kappa shape index (κ2) is 8.75. The van der Waals surface area contributed by atoms with Crippen molar-refractivity contribution in [1.29, 1.82) is 0 Å². The number of pyridine rings is 1. The van der Waals surface area contributed by atoms with Gasteiger partial charge >= 0.3 is 6.03 Å². The first kappa shape index (κ1) is 21.8. The Morgan fingerprint density at radius 3 is 2.79 bits per heavy atom. The molecule has 8 nitrogen and oxygen atoms in total. The molecule has 0 aliphatic carbocycles. The molecule has 10 heteroatoms. The molecule has 5 rings (SSSR count). The Balaban J connectivity index is 1.57. The predicted octanol–water partition coefficient (Wildman–Crippen LogP) is 4.75. The predicted molar refractivity (Wildman–Crippen MR) is 131 cm³/mol. The van der Waals surface area contributed by atoms with Crippen LogP contribution in [0.3, 0.4) is 0 Å². The number of anilines is 3. The lowest BCUT2D eigenvalue weighted by atomic mass is 9.97. The Morgan fingerprint density at radius 1 is 1.21 bits per heavy atom. The van der Waals surface area contributed by atoms with Gasteiger partial charge in [-0.1, -0.05) is 29.8 Å². The smallest absolute Gasteiger partial charge is 0.323 e. The zero-order chi connectivity index (χ0) is 23.8. The van der Waals surface area contributed by atoms with E-state index in [2.05, 4.69) is 30.9 Å². The number of amides is 2. The number of aryl methyl sites for hydroxylation is 1. The van der Waals surface area contributed by atoms with Gasteiger partial charge in [0.05, 0.1) is 16.4 Å². The van der Waals surface area contributed by atoms with E-state index in [1.165, 1.54) is 0 Å². The van der Waals surface area contributed by atoms with Crippen molar-refractivity contribution >= 4 is 34.8 Å². The van der Waals surface area contributed by atoms with Crippen LogP contribution in [0, 0.1) is 12.7 Å².